The summed E-state index contributed by atoms with van der Waals surface area (Å²) in [6, 6.07) is 7.92. The number of sulfonamides is 1. The average Bonchev–Trinajstić information content (AvgIpc) is 2.35. The summed E-state index contributed by atoms with van der Waals surface area (Å²) < 4.78 is 26.3. The Morgan fingerprint density at radius 2 is 2.06 bits per heavy atom. The summed E-state index contributed by atoms with van der Waals surface area (Å²) in [4.78, 5) is 0.0445. The molecule has 0 unspecified atom stereocenters. The Kier molecular flexibility index (Phi) is 4.65. The summed E-state index contributed by atoms with van der Waals surface area (Å²) in [6.07, 6.45) is 1.53. The maximum Gasteiger partial charge on any atom is 0.244 e. The van der Waals surface area contributed by atoms with E-state index in [0.717, 1.165) is 0 Å². The Balaban J connectivity index is 3.36. The highest BCUT2D eigenvalue weighted by atomic mass is 32.2. The molecule has 0 amide bonds. The third-order valence-electron chi connectivity index (χ3n) is 2.48. The first-order chi connectivity index (χ1) is 8.45. The maximum atomic E-state index is 12.5. The predicted octanol–water partition coefficient (Wildman–Crippen LogP) is 2.14. The molecule has 0 atom stereocenters. The van der Waals surface area contributed by atoms with Gasteiger partial charge in [0.2, 0.25) is 10.0 Å². The van der Waals surface area contributed by atoms with Gasteiger partial charge in [-0.15, -0.1) is 6.58 Å². The Morgan fingerprint density at radius 3 is 2.56 bits per heavy atom. The number of benzene rings is 1. The Bertz CT molecular complexity index is 571. The first-order valence-corrected chi connectivity index (χ1v) is 7.01. The van der Waals surface area contributed by atoms with Crippen LogP contribution in [0.15, 0.2) is 41.8 Å². The van der Waals surface area contributed by atoms with Gasteiger partial charge in [-0.2, -0.15) is 9.57 Å². The molecule has 0 radical (unpaired) electrons. The van der Waals surface area contributed by atoms with E-state index in [4.69, 9.17) is 5.26 Å². The van der Waals surface area contributed by atoms with E-state index in [9.17, 15) is 8.42 Å². The first-order valence-electron chi connectivity index (χ1n) is 5.57. The quantitative estimate of drug-likeness (QED) is 0.765. The highest BCUT2D eigenvalue weighted by molar-refractivity contribution is 7.89. The average molecular weight is 264 g/mol. The van der Waals surface area contributed by atoms with Crippen molar-refractivity contribution in [1.29, 1.82) is 5.26 Å². The molecule has 0 aliphatic rings. The van der Waals surface area contributed by atoms with Crippen molar-refractivity contribution in [3.63, 3.8) is 0 Å². The van der Waals surface area contributed by atoms with Gasteiger partial charge in [-0.3, -0.25) is 0 Å². The van der Waals surface area contributed by atoms with Crippen molar-refractivity contribution < 1.29 is 8.42 Å². The zero-order valence-corrected chi connectivity index (χ0v) is 11.3. The molecule has 18 heavy (non-hydrogen) atoms. The highest BCUT2D eigenvalue weighted by Gasteiger charge is 2.27. The molecule has 0 saturated carbocycles. The fourth-order valence-electron chi connectivity index (χ4n) is 1.62. The van der Waals surface area contributed by atoms with Crippen molar-refractivity contribution >= 4 is 10.0 Å². The third-order valence-corrected chi connectivity index (χ3v) is 4.58. The summed E-state index contributed by atoms with van der Waals surface area (Å²) in [5.74, 6) is 0. The number of nitrogens with zero attached hydrogens (tertiary/aromatic N) is 2. The number of hydrogen-bond acceptors (Lipinski definition) is 3. The Hall–Kier alpha value is -1.64. The van der Waals surface area contributed by atoms with E-state index in [-0.39, 0.29) is 23.0 Å². The minimum atomic E-state index is -3.67. The van der Waals surface area contributed by atoms with E-state index in [1.165, 1.54) is 22.5 Å². The van der Waals surface area contributed by atoms with Crippen LogP contribution in [0.5, 0.6) is 0 Å². The van der Waals surface area contributed by atoms with Gasteiger partial charge in [0.15, 0.2) is 0 Å². The lowest BCUT2D eigenvalue weighted by Gasteiger charge is -2.24. The topological polar surface area (TPSA) is 61.2 Å². The molecular weight excluding hydrogens is 248 g/mol. The van der Waals surface area contributed by atoms with Gasteiger partial charge >= 0.3 is 0 Å². The van der Waals surface area contributed by atoms with Crippen molar-refractivity contribution in [3.8, 4) is 6.07 Å². The van der Waals surface area contributed by atoms with Gasteiger partial charge < -0.3 is 0 Å². The van der Waals surface area contributed by atoms with Crippen LogP contribution in [0.4, 0.5) is 0 Å². The van der Waals surface area contributed by atoms with Gasteiger partial charge in [0.1, 0.15) is 6.07 Å². The molecule has 5 heteroatoms. The largest absolute Gasteiger partial charge is 0.244 e. The fourth-order valence-corrected chi connectivity index (χ4v) is 3.38. The monoisotopic (exact) mass is 264 g/mol. The summed E-state index contributed by atoms with van der Waals surface area (Å²) in [6.45, 7) is 7.36. The van der Waals surface area contributed by atoms with Gasteiger partial charge in [0, 0.05) is 12.6 Å². The molecule has 1 aromatic carbocycles. The van der Waals surface area contributed by atoms with E-state index < -0.39 is 10.0 Å². The smallest absolute Gasteiger partial charge is 0.207 e. The molecule has 0 bridgehead atoms. The van der Waals surface area contributed by atoms with Crippen molar-refractivity contribution in [2.75, 3.05) is 6.54 Å². The van der Waals surface area contributed by atoms with E-state index in [2.05, 4.69) is 6.58 Å². The highest BCUT2D eigenvalue weighted by Crippen LogP contribution is 2.21. The van der Waals surface area contributed by atoms with Gasteiger partial charge in [0.05, 0.1) is 10.5 Å². The van der Waals surface area contributed by atoms with Gasteiger partial charge in [0.25, 0.3) is 0 Å². The molecule has 1 aromatic rings. The second-order valence-electron chi connectivity index (χ2n) is 4.07. The van der Waals surface area contributed by atoms with Crippen LogP contribution in [0.3, 0.4) is 0 Å². The van der Waals surface area contributed by atoms with E-state index >= 15 is 0 Å². The van der Waals surface area contributed by atoms with Crippen molar-refractivity contribution in [2.45, 2.75) is 24.8 Å². The zero-order valence-electron chi connectivity index (χ0n) is 10.5. The third kappa shape index (κ3) is 2.78. The zero-order chi connectivity index (χ0) is 13.8. The minimum Gasteiger partial charge on any atom is -0.207 e. The van der Waals surface area contributed by atoms with Crippen LogP contribution < -0.4 is 0 Å². The van der Waals surface area contributed by atoms with Gasteiger partial charge in [-0.05, 0) is 26.0 Å². The number of rotatable bonds is 5. The summed E-state index contributed by atoms with van der Waals surface area (Å²) in [5, 5.41) is 8.98. The molecule has 0 saturated heterocycles. The minimum absolute atomic E-state index is 0.0445. The molecule has 0 spiro atoms. The van der Waals surface area contributed by atoms with Crippen LogP contribution in [0.2, 0.25) is 0 Å². The van der Waals surface area contributed by atoms with Gasteiger partial charge in [-0.1, -0.05) is 18.2 Å². The number of hydrogen-bond donors (Lipinski definition) is 0. The molecule has 0 N–H and O–H groups in total. The summed E-state index contributed by atoms with van der Waals surface area (Å²) in [5.41, 5.74) is 0.159. The molecule has 0 heterocycles. The van der Waals surface area contributed by atoms with Crippen LogP contribution in [0.25, 0.3) is 0 Å². The van der Waals surface area contributed by atoms with Crippen LogP contribution in [-0.2, 0) is 10.0 Å². The molecule has 1 rings (SSSR count). The first kappa shape index (κ1) is 14.4. The van der Waals surface area contributed by atoms with Crippen LogP contribution in [-0.4, -0.2) is 25.3 Å². The summed E-state index contributed by atoms with van der Waals surface area (Å²) in [7, 11) is -3.67. The fraction of sp³-hybridized carbons (Fsp3) is 0.308. The second-order valence-corrected chi connectivity index (χ2v) is 5.92. The normalized spacial score (nSPS) is 11.5. The standard InChI is InChI=1S/C13H16N2O2S/c1-4-9-15(11(2)3)18(16,17)13-8-6-5-7-12(13)10-14/h4-8,11H,1,9H2,2-3H3. The van der Waals surface area contributed by atoms with Gasteiger partial charge in [-0.25, -0.2) is 8.42 Å². The van der Waals surface area contributed by atoms with Crippen LogP contribution >= 0.6 is 0 Å². The molecular formula is C13H16N2O2S. The van der Waals surface area contributed by atoms with E-state index in [1.54, 1.807) is 26.0 Å². The van der Waals surface area contributed by atoms with Crippen molar-refractivity contribution in [2.24, 2.45) is 0 Å². The lowest BCUT2D eigenvalue weighted by atomic mass is 10.2. The molecule has 4 nitrogen and oxygen atoms in total. The van der Waals surface area contributed by atoms with Crippen molar-refractivity contribution in [3.05, 3.63) is 42.5 Å². The number of nitriles is 1. The van der Waals surface area contributed by atoms with E-state index in [0.29, 0.717) is 0 Å². The SMILES string of the molecule is C=CCN(C(C)C)S(=O)(=O)c1ccccc1C#N. The van der Waals surface area contributed by atoms with Crippen molar-refractivity contribution in [1.82, 2.24) is 4.31 Å². The van der Waals surface area contributed by atoms with Crippen LogP contribution in [0, 0.1) is 11.3 Å². The Morgan fingerprint density at radius 1 is 1.44 bits per heavy atom. The molecule has 0 fully saturated rings. The molecule has 0 aromatic heterocycles. The molecule has 0 aliphatic carbocycles. The lowest BCUT2D eigenvalue weighted by molar-refractivity contribution is 0.383. The summed E-state index contributed by atoms with van der Waals surface area (Å²) >= 11 is 0. The Labute approximate surface area is 108 Å². The molecule has 0 aliphatic heterocycles. The maximum absolute atomic E-state index is 12.5. The molecule has 96 valence electrons. The van der Waals surface area contributed by atoms with Crippen LogP contribution in [0.1, 0.15) is 19.4 Å². The second kappa shape index (κ2) is 5.80. The van der Waals surface area contributed by atoms with E-state index in [1.807, 2.05) is 6.07 Å². The predicted molar refractivity (Wildman–Crippen MR) is 70.4 cm³/mol. The lowest BCUT2D eigenvalue weighted by Crippen LogP contribution is -2.37.